The number of fused-ring (bicyclic) bond motifs is 1. The fourth-order valence-corrected chi connectivity index (χ4v) is 2.75. The zero-order valence-corrected chi connectivity index (χ0v) is 14.7. The molecule has 2 aromatic heterocycles. The van der Waals surface area contributed by atoms with E-state index in [-0.39, 0.29) is 5.56 Å². The Morgan fingerprint density at radius 1 is 1.04 bits per heavy atom. The number of rotatable bonds is 4. The van der Waals surface area contributed by atoms with Crippen LogP contribution in [0.4, 0.5) is 0 Å². The lowest BCUT2D eigenvalue weighted by Gasteiger charge is -2.02. The minimum atomic E-state index is -0.258. The second kappa shape index (κ2) is 7.21. The van der Waals surface area contributed by atoms with Crippen LogP contribution in [0.25, 0.3) is 22.8 Å². The number of hydrogen-bond donors (Lipinski definition) is 0. The molecular formula is C21H17N5O. The first-order chi connectivity index (χ1) is 13.2. The zero-order chi connectivity index (χ0) is 18.6. The Kier molecular flexibility index (Phi) is 4.45. The van der Waals surface area contributed by atoms with Crippen molar-refractivity contribution in [3.63, 3.8) is 0 Å². The molecule has 0 aliphatic heterocycles. The summed E-state index contributed by atoms with van der Waals surface area (Å²) in [4.78, 5) is 17.1. The van der Waals surface area contributed by atoms with Crippen molar-refractivity contribution in [2.75, 3.05) is 0 Å². The Bertz CT molecular complexity index is 1190. The van der Waals surface area contributed by atoms with E-state index in [1.54, 1.807) is 10.9 Å². The summed E-state index contributed by atoms with van der Waals surface area (Å²) < 4.78 is 2.87. The van der Waals surface area contributed by atoms with Crippen LogP contribution in [0.5, 0.6) is 0 Å². The van der Waals surface area contributed by atoms with Gasteiger partial charge in [0.1, 0.15) is 11.7 Å². The molecule has 0 spiro atoms. The third kappa shape index (κ3) is 3.46. The van der Waals surface area contributed by atoms with E-state index in [2.05, 4.69) is 15.2 Å². The summed E-state index contributed by atoms with van der Waals surface area (Å²) in [7, 11) is 0. The minimum Gasteiger partial charge on any atom is -0.266 e. The molecule has 0 N–H and O–H groups in total. The predicted octanol–water partition coefficient (Wildman–Crippen LogP) is 3.52. The van der Waals surface area contributed by atoms with E-state index in [0.29, 0.717) is 11.0 Å². The van der Waals surface area contributed by atoms with Crippen LogP contribution in [0.1, 0.15) is 12.5 Å². The highest BCUT2D eigenvalue weighted by molar-refractivity contribution is 5.84. The van der Waals surface area contributed by atoms with Crippen molar-refractivity contribution in [3.8, 4) is 5.69 Å². The normalized spacial score (nSPS) is 12.1. The van der Waals surface area contributed by atoms with Crippen molar-refractivity contribution in [2.24, 2.45) is 5.10 Å². The van der Waals surface area contributed by atoms with Gasteiger partial charge in [-0.3, -0.25) is 4.79 Å². The molecule has 2 heterocycles. The van der Waals surface area contributed by atoms with Crippen molar-refractivity contribution in [2.45, 2.75) is 6.92 Å². The molecule has 6 heteroatoms. The van der Waals surface area contributed by atoms with E-state index in [1.807, 2.05) is 73.7 Å². The quantitative estimate of drug-likeness (QED) is 0.526. The lowest BCUT2D eigenvalue weighted by atomic mass is 10.1. The average molecular weight is 355 g/mol. The van der Waals surface area contributed by atoms with E-state index in [4.69, 9.17) is 0 Å². The lowest BCUT2D eigenvalue weighted by molar-refractivity contribution is 0.809. The first-order valence-electron chi connectivity index (χ1n) is 8.51. The second-order valence-corrected chi connectivity index (χ2v) is 6.07. The molecular weight excluding hydrogens is 338 g/mol. The van der Waals surface area contributed by atoms with E-state index in [9.17, 15) is 4.79 Å². The third-order valence-electron chi connectivity index (χ3n) is 4.05. The summed E-state index contributed by atoms with van der Waals surface area (Å²) in [5.74, 6) is 0. The Hall–Kier alpha value is -3.80. The van der Waals surface area contributed by atoms with Gasteiger partial charge in [0, 0.05) is 0 Å². The summed E-state index contributed by atoms with van der Waals surface area (Å²) in [6, 6.07) is 19.5. The van der Waals surface area contributed by atoms with E-state index in [1.165, 1.54) is 17.2 Å². The van der Waals surface area contributed by atoms with Crippen molar-refractivity contribution in [1.82, 2.24) is 19.4 Å². The average Bonchev–Trinajstić information content (AvgIpc) is 3.14. The number of benzene rings is 2. The van der Waals surface area contributed by atoms with Crippen LogP contribution in [0.3, 0.4) is 0 Å². The lowest BCUT2D eigenvalue weighted by Crippen LogP contribution is -2.17. The zero-order valence-electron chi connectivity index (χ0n) is 14.7. The standard InChI is InChI=1S/C21H17N5O/c1-16(12-17-8-4-2-5-9-17)13-23-25-15-22-20-19(21(25)27)14-24-26(20)18-10-6-3-7-11-18/h2-15H,1H3/b16-12+,23-13-. The molecule has 0 aliphatic rings. The first-order valence-corrected chi connectivity index (χ1v) is 8.51. The van der Waals surface area contributed by atoms with Crippen molar-refractivity contribution in [1.29, 1.82) is 0 Å². The van der Waals surface area contributed by atoms with Crippen LogP contribution in [-0.4, -0.2) is 25.7 Å². The summed E-state index contributed by atoms with van der Waals surface area (Å²) in [5.41, 5.74) is 3.10. The molecule has 0 bridgehead atoms. The highest BCUT2D eigenvalue weighted by atomic mass is 16.1. The smallest absolute Gasteiger partial charge is 0.266 e. The van der Waals surface area contributed by atoms with E-state index >= 15 is 0 Å². The highest BCUT2D eigenvalue weighted by Crippen LogP contribution is 2.13. The van der Waals surface area contributed by atoms with Crippen LogP contribution in [0.2, 0.25) is 0 Å². The number of nitrogens with zero attached hydrogens (tertiary/aromatic N) is 5. The van der Waals surface area contributed by atoms with Gasteiger partial charge in [0.2, 0.25) is 0 Å². The van der Waals surface area contributed by atoms with Gasteiger partial charge in [-0.1, -0.05) is 54.6 Å². The van der Waals surface area contributed by atoms with Crippen molar-refractivity contribution >= 4 is 23.3 Å². The molecule has 0 saturated carbocycles. The van der Waals surface area contributed by atoms with Crippen LogP contribution in [-0.2, 0) is 0 Å². The van der Waals surface area contributed by atoms with Gasteiger partial charge in [0.05, 0.1) is 18.1 Å². The van der Waals surface area contributed by atoms with Gasteiger partial charge in [0.25, 0.3) is 5.56 Å². The maximum Gasteiger partial charge on any atom is 0.285 e. The summed E-state index contributed by atoms with van der Waals surface area (Å²) in [6.07, 6.45) is 6.58. The molecule has 0 fully saturated rings. The minimum absolute atomic E-state index is 0.258. The molecule has 27 heavy (non-hydrogen) atoms. The maximum atomic E-state index is 12.7. The summed E-state index contributed by atoms with van der Waals surface area (Å²) in [6.45, 7) is 1.93. The molecule has 0 saturated heterocycles. The Labute approximate surface area is 155 Å². The number of allylic oxidation sites excluding steroid dienone is 1. The van der Waals surface area contributed by atoms with Gasteiger partial charge in [-0.05, 0) is 30.2 Å². The van der Waals surface area contributed by atoms with Gasteiger partial charge >= 0.3 is 0 Å². The number of aromatic nitrogens is 4. The fourth-order valence-electron chi connectivity index (χ4n) is 2.75. The monoisotopic (exact) mass is 355 g/mol. The predicted molar refractivity (Wildman–Crippen MR) is 107 cm³/mol. The van der Waals surface area contributed by atoms with Crippen molar-refractivity contribution < 1.29 is 0 Å². The highest BCUT2D eigenvalue weighted by Gasteiger charge is 2.10. The molecule has 4 aromatic rings. The topological polar surface area (TPSA) is 65.1 Å². The first kappa shape index (κ1) is 16.7. The number of hydrogen-bond acceptors (Lipinski definition) is 4. The molecule has 132 valence electrons. The molecule has 0 amide bonds. The second-order valence-electron chi connectivity index (χ2n) is 6.07. The molecule has 0 aliphatic carbocycles. The van der Waals surface area contributed by atoms with Gasteiger partial charge in [-0.25, -0.2) is 9.67 Å². The fraction of sp³-hybridized carbons (Fsp3) is 0.0476. The molecule has 6 nitrogen and oxygen atoms in total. The van der Waals surface area contributed by atoms with Crippen LogP contribution < -0.4 is 5.56 Å². The SMILES string of the molecule is CC(/C=N\n1cnc2c(cnn2-c2ccccc2)c1=O)=C\c1ccccc1. The van der Waals surface area contributed by atoms with E-state index in [0.717, 1.165) is 16.8 Å². The molecule has 4 rings (SSSR count). The Morgan fingerprint density at radius 3 is 2.48 bits per heavy atom. The molecule has 2 aromatic carbocycles. The maximum absolute atomic E-state index is 12.7. The summed E-state index contributed by atoms with van der Waals surface area (Å²) in [5, 5.41) is 8.96. The van der Waals surface area contributed by atoms with Gasteiger partial charge in [-0.2, -0.15) is 14.9 Å². The van der Waals surface area contributed by atoms with Crippen LogP contribution in [0, 0.1) is 0 Å². The van der Waals surface area contributed by atoms with E-state index < -0.39 is 0 Å². The number of para-hydroxylation sites is 1. The third-order valence-corrected chi connectivity index (χ3v) is 4.05. The van der Waals surface area contributed by atoms with Gasteiger partial charge < -0.3 is 0 Å². The van der Waals surface area contributed by atoms with Crippen LogP contribution in [0.15, 0.2) is 88.7 Å². The van der Waals surface area contributed by atoms with Gasteiger partial charge in [0.15, 0.2) is 5.65 Å². The Morgan fingerprint density at radius 2 is 1.74 bits per heavy atom. The summed E-state index contributed by atoms with van der Waals surface area (Å²) >= 11 is 0. The van der Waals surface area contributed by atoms with Crippen LogP contribution >= 0.6 is 0 Å². The van der Waals surface area contributed by atoms with Gasteiger partial charge in [-0.15, -0.1) is 0 Å². The molecule has 0 radical (unpaired) electrons. The molecule has 0 atom stereocenters. The molecule has 0 unspecified atom stereocenters. The van der Waals surface area contributed by atoms with Crippen molar-refractivity contribution in [3.05, 3.63) is 94.7 Å². The Balaban J connectivity index is 1.67. The largest absolute Gasteiger partial charge is 0.285 e.